The highest BCUT2D eigenvalue weighted by atomic mass is 16.1. The van der Waals surface area contributed by atoms with E-state index in [2.05, 4.69) is 9.88 Å². The Morgan fingerprint density at radius 3 is 3.07 bits per heavy atom. The summed E-state index contributed by atoms with van der Waals surface area (Å²) in [5.41, 5.74) is 1.04. The van der Waals surface area contributed by atoms with Crippen molar-refractivity contribution in [2.75, 3.05) is 13.1 Å². The fourth-order valence-electron chi connectivity index (χ4n) is 1.76. The van der Waals surface area contributed by atoms with Crippen LogP contribution in [-0.4, -0.2) is 28.8 Å². The van der Waals surface area contributed by atoms with Gasteiger partial charge in [0.25, 0.3) is 0 Å². The van der Waals surface area contributed by atoms with Gasteiger partial charge in [-0.1, -0.05) is 6.07 Å². The van der Waals surface area contributed by atoms with Crippen molar-refractivity contribution in [2.45, 2.75) is 19.4 Å². The molecule has 0 unspecified atom stereocenters. The second-order valence-electron chi connectivity index (χ2n) is 3.67. The minimum Gasteiger partial charge on any atom is -0.298 e. The van der Waals surface area contributed by atoms with Crippen LogP contribution in [0, 0.1) is 0 Å². The van der Waals surface area contributed by atoms with E-state index < -0.39 is 0 Å². The SMILES string of the molecule is O=C1CCCN(Cc2ccccn2)C1. The molecule has 0 N–H and O–H groups in total. The average Bonchev–Trinajstić information content (AvgIpc) is 2.19. The van der Waals surface area contributed by atoms with Crippen LogP contribution in [0.5, 0.6) is 0 Å². The average molecular weight is 190 g/mol. The first kappa shape index (κ1) is 9.34. The lowest BCUT2D eigenvalue weighted by atomic mass is 10.1. The minimum absolute atomic E-state index is 0.354. The molecule has 0 atom stereocenters. The van der Waals surface area contributed by atoms with E-state index in [0.717, 1.165) is 31.6 Å². The van der Waals surface area contributed by atoms with Crippen LogP contribution in [0.4, 0.5) is 0 Å². The fourth-order valence-corrected chi connectivity index (χ4v) is 1.76. The third kappa shape index (κ3) is 2.39. The largest absolute Gasteiger partial charge is 0.298 e. The molecular weight excluding hydrogens is 176 g/mol. The Bertz CT molecular complexity index is 310. The van der Waals surface area contributed by atoms with Crippen molar-refractivity contribution < 1.29 is 4.79 Å². The normalized spacial score (nSPS) is 18.4. The van der Waals surface area contributed by atoms with Gasteiger partial charge < -0.3 is 0 Å². The number of hydrogen-bond acceptors (Lipinski definition) is 3. The predicted molar refractivity (Wildman–Crippen MR) is 53.8 cm³/mol. The third-order valence-electron chi connectivity index (χ3n) is 2.44. The van der Waals surface area contributed by atoms with Gasteiger partial charge in [0.05, 0.1) is 12.2 Å². The molecule has 1 aromatic heterocycles. The first-order valence-electron chi connectivity index (χ1n) is 4.98. The maximum absolute atomic E-state index is 11.2. The smallest absolute Gasteiger partial charge is 0.146 e. The van der Waals surface area contributed by atoms with Gasteiger partial charge in [0.1, 0.15) is 5.78 Å². The van der Waals surface area contributed by atoms with Gasteiger partial charge in [-0.15, -0.1) is 0 Å². The Hall–Kier alpha value is -1.22. The van der Waals surface area contributed by atoms with Crippen LogP contribution in [0.3, 0.4) is 0 Å². The lowest BCUT2D eigenvalue weighted by Crippen LogP contribution is -2.35. The van der Waals surface area contributed by atoms with Crippen molar-refractivity contribution >= 4 is 5.78 Å². The number of Topliss-reactive ketones (excluding diaryl/α,β-unsaturated/α-hetero) is 1. The van der Waals surface area contributed by atoms with E-state index in [1.807, 2.05) is 18.2 Å². The molecule has 0 aromatic carbocycles. The lowest BCUT2D eigenvalue weighted by molar-refractivity contribution is -0.122. The molecule has 1 aromatic rings. The van der Waals surface area contributed by atoms with Crippen LogP contribution in [0.25, 0.3) is 0 Å². The van der Waals surface area contributed by atoms with Crippen molar-refractivity contribution in [1.29, 1.82) is 0 Å². The first-order chi connectivity index (χ1) is 6.84. The van der Waals surface area contributed by atoms with Crippen LogP contribution < -0.4 is 0 Å². The van der Waals surface area contributed by atoms with Crippen LogP contribution in [0.1, 0.15) is 18.5 Å². The molecule has 0 saturated carbocycles. The summed E-state index contributed by atoms with van der Waals surface area (Å²) >= 11 is 0. The summed E-state index contributed by atoms with van der Waals surface area (Å²) in [5.74, 6) is 0.354. The molecule has 3 nitrogen and oxygen atoms in total. The highest BCUT2D eigenvalue weighted by Crippen LogP contribution is 2.09. The van der Waals surface area contributed by atoms with Crippen molar-refractivity contribution in [3.05, 3.63) is 30.1 Å². The lowest BCUT2D eigenvalue weighted by Gasteiger charge is -2.24. The molecule has 0 radical (unpaired) electrons. The van der Waals surface area contributed by atoms with Crippen LogP contribution in [0.2, 0.25) is 0 Å². The molecule has 74 valence electrons. The predicted octanol–water partition coefficient (Wildman–Crippen LogP) is 1.25. The number of ketones is 1. The molecule has 2 heterocycles. The number of hydrogen-bond donors (Lipinski definition) is 0. The number of pyridine rings is 1. The maximum Gasteiger partial charge on any atom is 0.146 e. The van der Waals surface area contributed by atoms with Gasteiger partial charge in [-0.05, 0) is 25.1 Å². The fraction of sp³-hybridized carbons (Fsp3) is 0.455. The Morgan fingerprint density at radius 1 is 1.43 bits per heavy atom. The number of likely N-dealkylation sites (tertiary alicyclic amines) is 1. The van der Waals surface area contributed by atoms with E-state index in [4.69, 9.17) is 0 Å². The van der Waals surface area contributed by atoms with Gasteiger partial charge >= 0.3 is 0 Å². The topological polar surface area (TPSA) is 33.2 Å². The standard InChI is InChI=1S/C11H14N2O/c14-11-5-3-7-13(9-11)8-10-4-1-2-6-12-10/h1-2,4,6H,3,5,7-9H2. The Labute approximate surface area is 83.8 Å². The molecule has 0 spiro atoms. The number of piperidine rings is 1. The van der Waals surface area contributed by atoms with Crippen molar-refractivity contribution in [2.24, 2.45) is 0 Å². The summed E-state index contributed by atoms with van der Waals surface area (Å²) in [6.45, 7) is 2.41. The second kappa shape index (κ2) is 4.33. The molecule has 0 aliphatic carbocycles. The van der Waals surface area contributed by atoms with Crippen LogP contribution >= 0.6 is 0 Å². The van der Waals surface area contributed by atoms with Crippen molar-refractivity contribution in [1.82, 2.24) is 9.88 Å². The Morgan fingerprint density at radius 2 is 2.36 bits per heavy atom. The molecule has 2 rings (SSSR count). The summed E-state index contributed by atoms with van der Waals surface area (Å²) in [4.78, 5) is 17.6. The summed E-state index contributed by atoms with van der Waals surface area (Å²) in [6.07, 6.45) is 3.53. The number of aromatic nitrogens is 1. The zero-order chi connectivity index (χ0) is 9.80. The van der Waals surface area contributed by atoms with E-state index in [1.165, 1.54) is 0 Å². The molecular formula is C11H14N2O. The van der Waals surface area contributed by atoms with Crippen molar-refractivity contribution in [3.8, 4) is 0 Å². The van der Waals surface area contributed by atoms with E-state index in [-0.39, 0.29) is 0 Å². The molecule has 0 amide bonds. The van der Waals surface area contributed by atoms with Crippen molar-refractivity contribution in [3.63, 3.8) is 0 Å². The zero-order valence-electron chi connectivity index (χ0n) is 8.15. The highest BCUT2D eigenvalue weighted by Gasteiger charge is 2.16. The summed E-state index contributed by atoms with van der Waals surface area (Å²) in [7, 11) is 0. The quantitative estimate of drug-likeness (QED) is 0.703. The monoisotopic (exact) mass is 190 g/mol. The van der Waals surface area contributed by atoms with Gasteiger partial charge in [-0.2, -0.15) is 0 Å². The molecule has 0 bridgehead atoms. The molecule has 1 saturated heterocycles. The molecule has 14 heavy (non-hydrogen) atoms. The van der Waals surface area contributed by atoms with Gasteiger partial charge in [-0.3, -0.25) is 14.7 Å². The molecule has 1 aliphatic heterocycles. The molecule has 1 fully saturated rings. The molecule has 1 aliphatic rings. The zero-order valence-corrected chi connectivity index (χ0v) is 8.15. The van der Waals surface area contributed by atoms with E-state index in [9.17, 15) is 4.79 Å². The maximum atomic E-state index is 11.2. The van der Waals surface area contributed by atoms with Crippen LogP contribution in [-0.2, 0) is 11.3 Å². The van der Waals surface area contributed by atoms with E-state index in [1.54, 1.807) is 6.20 Å². The van der Waals surface area contributed by atoms with Gasteiger partial charge in [0, 0.05) is 19.2 Å². The number of nitrogens with zero attached hydrogens (tertiary/aromatic N) is 2. The Balaban J connectivity index is 1.94. The summed E-state index contributed by atoms with van der Waals surface area (Å²) in [5, 5.41) is 0. The highest BCUT2D eigenvalue weighted by molar-refractivity contribution is 5.81. The van der Waals surface area contributed by atoms with E-state index in [0.29, 0.717) is 12.3 Å². The van der Waals surface area contributed by atoms with Gasteiger partial charge in [-0.25, -0.2) is 0 Å². The van der Waals surface area contributed by atoms with Gasteiger partial charge in [0.15, 0.2) is 0 Å². The number of carbonyl (C=O) groups excluding carboxylic acids is 1. The van der Waals surface area contributed by atoms with Gasteiger partial charge in [0.2, 0.25) is 0 Å². The third-order valence-corrected chi connectivity index (χ3v) is 2.44. The summed E-state index contributed by atoms with van der Waals surface area (Å²) in [6, 6.07) is 5.89. The van der Waals surface area contributed by atoms with Crippen LogP contribution in [0.15, 0.2) is 24.4 Å². The molecule has 3 heteroatoms. The Kier molecular flexibility index (Phi) is 2.89. The summed E-state index contributed by atoms with van der Waals surface area (Å²) < 4.78 is 0. The first-order valence-corrected chi connectivity index (χ1v) is 4.98. The minimum atomic E-state index is 0.354. The second-order valence-corrected chi connectivity index (χ2v) is 3.67. The number of carbonyl (C=O) groups is 1. The van der Waals surface area contributed by atoms with E-state index >= 15 is 0 Å². The number of rotatable bonds is 2.